The van der Waals surface area contributed by atoms with Gasteiger partial charge in [0, 0.05) is 0 Å². The first-order chi connectivity index (χ1) is 6.49. The Kier molecular flexibility index (Phi) is 13.2. The van der Waals surface area contributed by atoms with Crippen molar-refractivity contribution in [3.05, 3.63) is 0 Å². The standard InChI is InChI=1S/C11H20O4.K.Na.2H/c1-10(2,3)14-8(12)7-9(13)15-11(4,5)6;;;;/h7H2,1-6H3;;;;/q;2*+1;2*-1. The van der Waals surface area contributed by atoms with Crippen molar-refractivity contribution in [2.75, 3.05) is 0 Å². The first-order valence-electron chi connectivity index (χ1n) is 4.93. The Hall–Kier alpha value is 1.58. The van der Waals surface area contributed by atoms with E-state index in [9.17, 15) is 9.59 Å². The maximum absolute atomic E-state index is 11.2. The van der Waals surface area contributed by atoms with Gasteiger partial charge in [-0.3, -0.25) is 9.59 Å². The summed E-state index contributed by atoms with van der Waals surface area (Å²) in [7, 11) is 0. The van der Waals surface area contributed by atoms with Crippen LogP contribution in [0.15, 0.2) is 0 Å². The van der Waals surface area contributed by atoms with E-state index in [2.05, 4.69) is 0 Å². The topological polar surface area (TPSA) is 52.6 Å². The van der Waals surface area contributed by atoms with Crippen LogP contribution in [0.2, 0.25) is 0 Å². The predicted molar refractivity (Wildman–Crippen MR) is 58.5 cm³/mol. The fourth-order valence-corrected chi connectivity index (χ4v) is 0.873. The molecule has 92 valence electrons. The van der Waals surface area contributed by atoms with E-state index in [0.717, 1.165) is 0 Å². The van der Waals surface area contributed by atoms with Crippen LogP contribution in [0.3, 0.4) is 0 Å². The van der Waals surface area contributed by atoms with Gasteiger partial charge in [0.05, 0.1) is 0 Å². The molecule has 0 bridgehead atoms. The minimum Gasteiger partial charge on any atom is -1.00 e. The van der Waals surface area contributed by atoms with Gasteiger partial charge in [0.1, 0.15) is 17.6 Å². The zero-order chi connectivity index (χ0) is 12.3. The normalized spacial score (nSPS) is 10.7. The summed E-state index contributed by atoms with van der Waals surface area (Å²) in [5.41, 5.74) is -1.14. The van der Waals surface area contributed by atoms with Crippen LogP contribution >= 0.6 is 0 Å². The van der Waals surface area contributed by atoms with E-state index in [1.807, 2.05) is 0 Å². The molecule has 0 aromatic heterocycles. The Labute approximate surface area is 171 Å². The van der Waals surface area contributed by atoms with Gasteiger partial charge in [-0.2, -0.15) is 0 Å². The van der Waals surface area contributed by atoms with Crippen LogP contribution in [0.25, 0.3) is 0 Å². The van der Waals surface area contributed by atoms with Gasteiger partial charge in [-0.05, 0) is 41.5 Å². The van der Waals surface area contributed by atoms with Crippen molar-refractivity contribution in [2.45, 2.75) is 59.2 Å². The second-order valence-corrected chi connectivity index (χ2v) is 5.35. The predicted octanol–water partition coefficient (Wildman–Crippen LogP) is -3.71. The molecule has 0 aromatic carbocycles. The summed E-state index contributed by atoms with van der Waals surface area (Å²) in [5.74, 6) is -1.12. The van der Waals surface area contributed by atoms with E-state index in [4.69, 9.17) is 9.47 Å². The molecule has 0 aromatic rings. The third kappa shape index (κ3) is 17.6. The molecule has 0 heterocycles. The van der Waals surface area contributed by atoms with Crippen LogP contribution < -0.4 is 80.9 Å². The number of carbonyl (C=O) groups is 2. The number of esters is 2. The van der Waals surface area contributed by atoms with Gasteiger partial charge < -0.3 is 12.3 Å². The summed E-state index contributed by atoms with van der Waals surface area (Å²) in [4.78, 5) is 22.5. The molecule has 0 N–H and O–H groups in total. The molecule has 0 fully saturated rings. The molecule has 0 saturated heterocycles. The zero-order valence-corrected chi connectivity index (χ0v) is 17.5. The van der Waals surface area contributed by atoms with E-state index in [1.165, 1.54) is 0 Å². The van der Waals surface area contributed by atoms with Crippen molar-refractivity contribution in [1.82, 2.24) is 0 Å². The summed E-state index contributed by atoms with van der Waals surface area (Å²) in [5, 5.41) is 0. The average Bonchev–Trinajstić information content (AvgIpc) is 1.73. The van der Waals surface area contributed by atoms with E-state index >= 15 is 0 Å². The Morgan fingerprint density at radius 1 is 0.882 bits per heavy atom. The third-order valence-electron chi connectivity index (χ3n) is 1.13. The maximum atomic E-state index is 11.2. The monoisotopic (exact) mass is 280 g/mol. The van der Waals surface area contributed by atoms with E-state index < -0.39 is 23.1 Å². The molecule has 0 atom stereocenters. The number of rotatable bonds is 2. The molecule has 4 nitrogen and oxygen atoms in total. The summed E-state index contributed by atoms with van der Waals surface area (Å²) >= 11 is 0. The Bertz CT molecular complexity index is 236. The molecule has 6 heteroatoms. The van der Waals surface area contributed by atoms with Crippen molar-refractivity contribution in [3.8, 4) is 0 Å². The van der Waals surface area contributed by atoms with Gasteiger partial charge in [0.25, 0.3) is 0 Å². The van der Waals surface area contributed by atoms with Crippen molar-refractivity contribution < 1.29 is 103 Å². The first kappa shape index (κ1) is 23.7. The maximum Gasteiger partial charge on any atom is 1.00 e. The summed E-state index contributed by atoms with van der Waals surface area (Å²) in [6.45, 7) is 10.5. The summed E-state index contributed by atoms with van der Waals surface area (Å²) in [6, 6.07) is 0. The van der Waals surface area contributed by atoms with E-state index in [0.29, 0.717) is 0 Å². The number of ether oxygens (including phenoxy) is 2. The molecule has 0 rings (SSSR count). The largest absolute Gasteiger partial charge is 1.00 e. The van der Waals surface area contributed by atoms with Crippen LogP contribution in [0.4, 0.5) is 0 Å². The average molecular weight is 280 g/mol. The van der Waals surface area contributed by atoms with E-state index in [-0.39, 0.29) is 90.2 Å². The smallest absolute Gasteiger partial charge is 1.00 e. The van der Waals surface area contributed by atoms with Gasteiger partial charge in [-0.15, -0.1) is 0 Å². The van der Waals surface area contributed by atoms with Crippen molar-refractivity contribution in [3.63, 3.8) is 0 Å². The molecule has 17 heavy (non-hydrogen) atoms. The van der Waals surface area contributed by atoms with Gasteiger partial charge >= 0.3 is 92.9 Å². The molecule has 0 aliphatic heterocycles. The third-order valence-corrected chi connectivity index (χ3v) is 1.13. The van der Waals surface area contributed by atoms with Crippen LogP contribution in [0, 0.1) is 0 Å². The molecular formula is C11H22KNaO4. The quantitative estimate of drug-likeness (QED) is 0.297. The Morgan fingerprint density at radius 3 is 1.29 bits per heavy atom. The van der Waals surface area contributed by atoms with Gasteiger partial charge in [-0.1, -0.05) is 0 Å². The molecule has 0 saturated carbocycles. The van der Waals surface area contributed by atoms with Gasteiger partial charge in [0.2, 0.25) is 0 Å². The Balaban J connectivity index is -0.000000163. The second kappa shape index (κ2) is 9.48. The second-order valence-electron chi connectivity index (χ2n) is 5.35. The molecular weight excluding hydrogens is 258 g/mol. The van der Waals surface area contributed by atoms with Crippen LogP contribution in [0.1, 0.15) is 50.8 Å². The van der Waals surface area contributed by atoms with Gasteiger partial charge in [0.15, 0.2) is 0 Å². The van der Waals surface area contributed by atoms with Crippen LogP contribution in [0.5, 0.6) is 0 Å². The van der Waals surface area contributed by atoms with Gasteiger partial charge in [-0.25, -0.2) is 0 Å². The molecule has 0 amide bonds. The zero-order valence-electron chi connectivity index (χ0n) is 14.3. The molecule has 0 aliphatic rings. The first-order valence-corrected chi connectivity index (χ1v) is 4.93. The minimum atomic E-state index is -0.570. The number of carbonyl (C=O) groups excluding carboxylic acids is 2. The van der Waals surface area contributed by atoms with Crippen LogP contribution in [-0.4, -0.2) is 23.1 Å². The van der Waals surface area contributed by atoms with Crippen LogP contribution in [-0.2, 0) is 19.1 Å². The fraction of sp³-hybridized carbons (Fsp3) is 0.818. The summed E-state index contributed by atoms with van der Waals surface area (Å²) < 4.78 is 9.97. The van der Waals surface area contributed by atoms with Crippen molar-refractivity contribution in [1.29, 1.82) is 0 Å². The minimum absolute atomic E-state index is 0. The SMILES string of the molecule is CC(C)(C)OC(=O)CC(=O)OC(C)(C)C.[H-].[H-].[K+].[Na+]. The fourth-order valence-electron chi connectivity index (χ4n) is 0.873. The number of hydrogen-bond acceptors (Lipinski definition) is 4. The number of hydrogen-bond donors (Lipinski definition) is 0. The van der Waals surface area contributed by atoms with Crippen molar-refractivity contribution >= 4 is 11.9 Å². The molecule has 0 unspecified atom stereocenters. The molecule has 0 aliphatic carbocycles. The Morgan fingerprint density at radius 2 is 1.12 bits per heavy atom. The molecule has 0 spiro atoms. The molecule has 0 radical (unpaired) electrons. The summed E-state index contributed by atoms with van der Waals surface area (Å²) in [6.07, 6.45) is -0.339. The van der Waals surface area contributed by atoms with E-state index in [1.54, 1.807) is 41.5 Å². The van der Waals surface area contributed by atoms with Crippen molar-refractivity contribution in [2.24, 2.45) is 0 Å².